The Bertz CT molecular complexity index is 2740. The molecule has 0 saturated carbocycles. The minimum atomic E-state index is -1.06. The highest BCUT2D eigenvalue weighted by Crippen LogP contribution is 2.31. The number of likely N-dealkylation sites (tertiary alicyclic amines) is 1. The van der Waals surface area contributed by atoms with Crippen LogP contribution in [0, 0.1) is 29.6 Å². The van der Waals surface area contributed by atoms with Crippen LogP contribution in [0.5, 0.6) is 0 Å². The lowest BCUT2D eigenvalue weighted by Gasteiger charge is -2.41. The number of rotatable bonds is 37. The second-order valence-corrected chi connectivity index (χ2v) is 25.5. The molecule has 0 spiro atoms. The van der Waals surface area contributed by atoms with E-state index in [1.54, 1.807) is 94.8 Å². The molecule has 2 aromatic carbocycles. The van der Waals surface area contributed by atoms with Crippen molar-refractivity contribution in [1.82, 2.24) is 40.9 Å². The van der Waals surface area contributed by atoms with Gasteiger partial charge in [-0.05, 0) is 86.0 Å². The number of aliphatic hydroxyl groups is 1. The summed E-state index contributed by atoms with van der Waals surface area (Å²) in [6.45, 7) is 20.7. The molecule has 12 atom stereocenters. The summed E-state index contributed by atoms with van der Waals surface area (Å²) in [6, 6.07) is 10.1. The van der Waals surface area contributed by atoms with Crippen LogP contribution in [0.1, 0.15) is 164 Å². The van der Waals surface area contributed by atoms with Crippen molar-refractivity contribution in [3.63, 3.8) is 0 Å². The van der Waals surface area contributed by atoms with E-state index in [-0.39, 0.29) is 67.4 Å². The molecule has 6 N–H and O–H groups in total. The molecular weight excluding hydrogens is 1170 g/mol. The van der Waals surface area contributed by atoms with Crippen LogP contribution >= 0.6 is 0 Å². The van der Waals surface area contributed by atoms with Crippen molar-refractivity contribution in [3.05, 3.63) is 77.9 Å². The van der Waals surface area contributed by atoms with E-state index < -0.39 is 108 Å². The first-order valence-electron chi connectivity index (χ1n) is 32.5. The summed E-state index contributed by atoms with van der Waals surface area (Å²) in [6.07, 6.45) is 4.67. The number of benzene rings is 2. The first-order chi connectivity index (χ1) is 43.1. The molecule has 0 aromatic heterocycles. The van der Waals surface area contributed by atoms with Crippen LogP contribution in [0.15, 0.2) is 66.7 Å². The Balaban J connectivity index is 1.35. The maximum Gasteiger partial charge on any atom is 0.410 e. The number of carbonyl (C=O) groups excluding carboxylic acids is 10. The Morgan fingerprint density at radius 1 is 0.692 bits per heavy atom. The third kappa shape index (κ3) is 22.0. The van der Waals surface area contributed by atoms with Crippen LogP contribution in [0.2, 0.25) is 0 Å². The summed E-state index contributed by atoms with van der Waals surface area (Å²) in [5.74, 6) is -5.47. The molecule has 23 heteroatoms. The van der Waals surface area contributed by atoms with Gasteiger partial charge < -0.3 is 55.7 Å². The maximum absolute atomic E-state index is 14.8. The molecule has 23 nitrogen and oxygen atoms in total. The van der Waals surface area contributed by atoms with E-state index in [0.29, 0.717) is 74.7 Å². The molecule has 4 rings (SSSR count). The van der Waals surface area contributed by atoms with Gasteiger partial charge in [0.1, 0.15) is 30.8 Å². The number of nitrogens with one attached hydrogen (secondary N) is 5. The van der Waals surface area contributed by atoms with Gasteiger partial charge in [0.05, 0.1) is 48.8 Å². The van der Waals surface area contributed by atoms with Gasteiger partial charge in [-0.1, -0.05) is 137 Å². The van der Waals surface area contributed by atoms with E-state index in [0.717, 1.165) is 11.3 Å². The third-order valence-electron chi connectivity index (χ3n) is 17.6. The van der Waals surface area contributed by atoms with Crippen molar-refractivity contribution in [3.8, 4) is 0 Å². The monoisotopic (exact) mass is 1270 g/mol. The molecule has 2 aromatic rings. The number of anilines is 1. The summed E-state index contributed by atoms with van der Waals surface area (Å²) in [4.78, 5) is 141. The standard InChI is InChI=1S/C68H105N9O14/c1-16-18-28-50(71-65(85)57(41(3)4)72-53(78)30-23-20-24-37-77-54(79)35-36-55(77)80)64(84)70-49-33-31-47(32-34-49)40-91-68(88)75(13)59(43(7)8)66(86)73-58(42(5)6)67(87)74(12)60(44(9)17-2)52(89-14)39-56(81)76-38-25-29-51(76)62(90-15)45(10)63(83)69-46(11)61(82)48-26-21-19-22-27-48/h19,21-22,26-27,31-36,41-46,50-52,57-62,82H,16-18,20,23-25,28-30,37-40H2,1-15H3,(H,69,83)(H,70,84)(H,71,85)(H,72,78)(H,73,86)/t44-,45+,46+,50-,51-,52+,57-,58-,59-,60-,61+,62+/m0/s1. The van der Waals surface area contributed by atoms with Crippen molar-refractivity contribution in [2.45, 2.75) is 214 Å². The molecule has 91 heavy (non-hydrogen) atoms. The van der Waals surface area contributed by atoms with Gasteiger partial charge in [0, 0.05) is 65.7 Å². The second-order valence-electron chi connectivity index (χ2n) is 25.5. The predicted octanol–water partition coefficient (Wildman–Crippen LogP) is 6.82. The van der Waals surface area contributed by atoms with Gasteiger partial charge in [0.2, 0.25) is 41.4 Å². The number of methoxy groups -OCH3 is 2. The number of unbranched alkanes of at least 4 members (excludes halogenated alkanes) is 3. The zero-order valence-electron chi connectivity index (χ0n) is 56.5. The quantitative estimate of drug-likeness (QED) is 0.0299. The van der Waals surface area contributed by atoms with Gasteiger partial charge in [-0.15, -0.1) is 0 Å². The van der Waals surface area contributed by atoms with Crippen LogP contribution in [0.4, 0.5) is 10.5 Å². The maximum atomic E-state index is 14.8. The number of ether oxygens (including phenoxy) is 3. The highest BCUT2D eigenvalue weighted by molar-refractivity contribution is 6.12. The number of nitrogens with zero attached hydrogens (tertiary/aromatic N) is 4. The zero-order chi connectivity index (χ0) is 67.8. The molecule has 2 heterocycles. The third-order valence-corrected chi connectivity index (χ3v) is 17.6. The number of hydrogen-bond donors (Lipinski definition) is 6. The number of amides is 10. The first kappa shape index (κ1) is 76.2. The normalized spacial score (nSPS) is 17.7. The van der Waals surface area contributed by atoms with Crippen molar-refractivity contribution in [1.29, 1.82) is 0 Å². The molecule has 506 valence electrons. The van der Waals surface area contributed by atoms with Gasteiger partial charge in [-0.25, -0.2) is 4.79 Å². The lowest BCUT2D eigenvalue weighted by atomic mass is 9.89. The van der Waals surface area contributed by atoms with Crippen LogP contribution in [-0.4, -0.2) is 180 Å². The molecule has 0 bridgehead atoms. The van der Waals surface area contributed by atoms with E-state index >= 15 is 0 Å². The summed E-state index contributed by atoms with van der Waals surface area (Å²) >= 11 is 0. The van der Waals surface area contributed by atoms with E-state index in [1.165, 1.54) is 38.3 Å². The van der Waals surface area contributed by atoms with Crippen molar-refractivity contribution in [2.24, 2.45) is 29.6 Å². The number of imide groups is 1. The molecule has 0 radical (unpaired) electrons. The second kappa shape index (κ2) is 37.3. The molecular formula is C68H105N9O14. The number of hydrogen-bond acceptors (Lipinski definition) is 14. The molecule has 1 fully saturated rings. The highest BCUT2D eigenvalue weighted by Gasteiger charge is 2.44. The Morgan fingerprint density at radius 3 is 1.90 bits per heavy atom. The van der Waals surface area contributed by atoms with Crippen LogP contribution in [0.25, 0.3) is 0 Å². The smallest absolute Gasteiger partial charge is 0.410 e. The van der Waals surface area contributed by atoms with Crippen LogP contribution in [-0.2, 0) is 64.0 Å². The molecule has 1 saturated heterocycles. The summed E-state index contributed by atoms with van der Waals surface area (Å²) < 4.78 is 17.8. The topological polar surface area (TPSA) is 292 Å². The van der Waals surface area contributed by atoms with Crippen molar-refractivity contribution in [2.75, 3.05) is 46.7 Å². The van der Waals surface area contributed by atoms with Gasteiger partial charge >= 0.3 is 6.09 Å². The van der Waals surface area contributed by atoms with E-state index in [9.17, 15) is 53.1 Å². The summed E-state index contributed by atoms with van der Waals surface area (Å²) in [5.41, 5.74) is 1.67. The molecule has 2 aliphatic heterocycles. The number of carbonyl (C=O) groups is 10. The van der Waals surface area contributed by atoms with E-state index in [2.05, 4.69) is 26.6 Å². The Morgan fingerprint density at radius 2 is 1.33 bits per heavy atom. The van der Waals surface area contributed by atoms with Crippen molar-refractivity contribution < 1.29 is 67.3 Å². The van der Waals surface area contributed by atoms with Crippen LogP contribution in [0.3, 0.4) is 0 Å². The van der Waals surface area contributed by atoms with Crippen molar-refractivity contribution >= 4 is 64.9 Å². The summed E-state index contributed by atoms with van der Waals surface area (Å²) in [5, 5.41) is 25.4. The Labute approximate surface area is 539 Å². The molecule has 0 aliphatic carbocycles. The van der Waals surface area contributed by atoms with Gasteiger partial charge in [0.15, 0.2) is 0 Å². The molecule has 10 amide bonds. The average molecular weight is 1270 g/mol. The lowest BCUT2D eigenvalue weighted by molar-refractivity contribution is -0.148. The fourth-order valence-electron chi connectivity index (χ4n) is 12.0. The molecule has 0 unspecified atom stereocenters. The molecule has 2 aliphatic rings. The van der Waals surface area contributed by atoms with Gasteiger partial charge in [0.25, 0.3) is 11.8 Å². The first-order valence-corrected chi connectivity index (χ1v) is 32.5. The fourth-order valence-corrected chi connectivity index (χ4v) is 12.0. The largest absolute Gasteiger partial charge is 0.445 e. The minimum Gasteiger partial charge on any atom is -0.445 e. The highest BCUT2D eigenvalue weighted by atomic mass is 16.6. The number of likely N-dealkylation sites (N-methyl/N-ethyl adjacent to an activating group) is 2. The Kier molecular flexibility index (Phi) is 31.3. The van der Waals surface area contributed by atoms with Gasteiger partial charge in [-0.3, -0.25) is 53.0 Å². The summed E-state index contributed by atoms with van der Waals surface area (Å²) in [7, 11) is 6.13. The fraction of sp³-hybridized carbons (Fsp3) is 0.647. The van der Waals surface area contributed by atoms with Gasteiger partial charge in [-0.2, -0.15) is 0 Å². The predicted molar refractivity (Wildman–Crippen MR) is 346 cm³/mol. The Hall–Kier alpha value is -7.24. The van der Waals surface area contributed by atoms with Crippen LogP contribution < -0.4 is 26.6 Å². The minimum absolute atomic E-state index is 0.0794. The SMILES string of the molecule is CCCC[C@H](NC(=O)[C@@H](NC(=O)CCCCCN1C(=O)C=CC1=O)C(C)C)C(=O)Nc1ccc(COC(=O)N(C)[C@H](C(=O)N[C@H](C(=O)N(C)[C@@H]([C@@H](C)CC)[C@@H](CC(=O)N2CCC[C@H]2[C@H](OC)[C@@H](C)C(=O)N[C@H](C)[C@@H](O)c2ccccc2)OC)C(C)C)C(C)C)cc1. The van der Waals surface area contributed by atoms with E-state index in [1.807, 2.05) is 52.8 Å². The van der Waals surface area contributed by atoms with E-state index in [4.69, 9.17) is 14.2 Å². The zero-order valence-corrected chi connectivity index (χ0v) is 56.5. The lowest BCUT2D eigenvalue weighted by Crippen LogP contribution is -2.60. The average Bonchev–Trinajstić information content (AvgIpc) is 1.86. The number of aliphatic hydroxyl groups excluding tert-OH is 1.